The van der Waals surface area contributed by atoms with Crippen molar-refractivity contribution in [1.82, 2.24) is 0 Å². The fourth-order valence-electron chi connectivity index (χ4n) is 2.23. The van der Waals surface area contributed by atoms with Gasteiger partial charge in [-0.25, -0.2) is 4.57 Å². The second-order valence-electron chi connectivity index (χ2n) is 6.23. The highest BCUT2D eigenvalue weighted by Gasteiger charge is 2.24. The van der Waals surface area contributed by atoms with Gasteiger partial charge in [-0.05, 0) is 24.7 Å². The minimum absolute atomic E-state index is 0.316. The zero-order valence-electron chi connectivity index (χ0n) is 16.7. The number of unbranched alkanes of at least 4 members (excludes halogenated alkanes) is 2. The third-order valence-corrected chi connectivity index (χ3v) is 5.08. The fraction of sp³-hybridized carbons (Fsp3) is 0.944. The molecule has 2 unspecified atom stereocenters. The van der Waals surface area contributed by atoms with Crippen LogP contribution in [0.15, 0.2) is 0 Å². The molecule has 0 rings (SSSR count). The molecule has 0 fully saturated rings. The first-order chi connectivity index (χ1) is 11.9. The molecule has 0 amide bonds. The highest BCUT2D eigenvalue weighted by atomic mass is 31.2. The van der Waals surface area contributed by atoms with Crippen LogP contribution < -0.4 is 0 Å². The Morgan fingerprint density at radius 2 is 1.28 bits per heavy atom. The van der Waals surface area contributed by atoms with Crippen molar-refractivity contribution < 1.29 is 28.0 Å². The molecule has 0 aromatic heterocycles. The van der Waals surface area contributed by atoms with Gasteiger partial charge < -0.3 is 9.63 Å². The lowest BCUT2D eigenvalue weighted by molar-refractivity contribution is -0.126. The van der Waals surface area contributed by atoms with Gasteiger partial charge >= 0.3 is 7.82 Å². The van der Waals surface area contributed by atoms with Crippen LogP contribution >= 0.6 is 7.82 Å². The van der Waals surface area contributed by atoms with Crippen molar-refractivity contribution in [3.63, 3.8) is 0 Å². The Balaban J connectivity index is 0. The summed E-state index contributed by atoms with van der Waals surface area (Å²) >= 11 is 0. The lowest BCUT2D eigenvalue weighted by Crippen LogP contribution is -2.12. The zero-order valence-corrected chi connectivity index (χ0v) is 17.6. The van der Waals surface area contributed by atoms with Crippen molar-refractivity contribution in [1.29, 1.82) is 0 Å². The number of phosphoric acid groups is 1. The molecule has 0 aliphatic heterocycles. The summed E-state index contributed by atoms with van der Waals surface area (Å²) in [4.78, 5) is 18.7. The number of phosphoric ester groups is 1. The molecule has 0 bridgehead atoms. The van der Waals surface area contributed by atoms with E-state index in [2.05, 4.69) is 32.4 Å². The molecular formula is C18H39O6P. The molecule has 0 radical (unpaired) electrons. The Bertz CT molecular complexity index is 314. The van der Waals surface area contributed by atoms with E-state index in [1.54, 1.807) is 0 Å². The molecule has 0 spiro atoms. The Hall–Kier alpha value is -0.420. The van der Waals surface area contributed by atoms with Crippen molar-refractivity contribution in [2.24, 2.45) is 11.8 Å². The van der Waals surface area contributed by atoms with Crippen LogP contribution in [0.5, 0.6) is 0 Å². The Labute approximate surface area is 154 Å². The summed E-state index contributed by atoms with van der Waals surface area (Å²) in [7, 11) is -2.58. The number of ether oxygens (including phenoxy) is 1. The van der Waals surface area contributed by atoms with E-state index in [0.29, 0.717) is 31.5 Å². The van der Waals surface area contributed by atoms with Gasteiger partial charge in [0.25, 0.3) is 6.47 Å². The molecule has 6 nitrogen and oxygen atoms in total. The summed E-state index contributed by atoms with van der Waals surface area (Å²) in [5.74, 6) is 0.687. The second-order valence-corrected chi connectivity index (χ2v) is 7.68. The van der Waals surface area contributed by atoms with Gasteiger partial charge in [-0.1, -0.05) is 66.2 Å². The standard InChI is InChI=1S/C16H35O4P.C2H4O2/c1-5-9-11-15(7-3)13-19-21(17,18)20-14-16(8-4)12-10-6-2;1-4-2-3/h15-16H,5-14H2,1-4H3,(H,17,18);2H,1H3. The topological polar surface area (TPSA) is 82.1 Å². The molecule has 0 heterocycles. The summed E-state index contributed by atoms with van der Waals surface area (Å²) in [6, 6.07) is 0. The van der Waals surface area contributed by atoms with E-state index in [-0.39, 0.29) is 0 Å². The normalized spacial score (nSPS) is 15.4. The van der Waals surface area contributed by atoms with Gasteiger partial charge in [0, 0.05) is 0 Å². The predicted octanol–water partition coefficient (Wildman–Crippen LogP) is 5.34. The van der Waals surface area contributed by atoms with E-state index in [1.807, 2.05) is 0 Å². The summed E-state index contributed by atoms with van der Waals surface area (Å²) in [6.07, 6.45) is 8.56. The predicted molar refractivity (Wildman–Crippen MR) is 101 cm³/mol. The fourth-order valence-corrected chi connectivity index (χ4v) is 3.11. The number of rotatable bonds is 15. The van der Waals surface area contributed by atoms with E-state index < -0.39 is 7.82 Å². The number of carbonyl (C=O) groups is 1. The summed E-state index contributed by atoms with van der Waals surface area (Å²) < 4.78 is 26.1. The molecule has 1 N–H and O–H groups in total. The maximum atomic E-state index is 11.9. The largest absolute Gasteiger partial charge is 0.472 e. The van der Waals surface area contributed by atoms with Gasteiger partial charge in [-0.15, -0.1) is 0 Å². The van der Waals surface area contributed by atoms with Crippen LogP contribution in [0, 0.1) is 11.8 Å². The maximum absolute atomic E-state index is 11.9. The number of hydrogen-bond donors (Lipinski definition) is 1. The highest BCUT2D eigenvalue weighted by molar-refractivity contribution is 7.47. The van der Waals surface area contributed by atoms with Gasteiger partial charge in [0.2, 0.25) is 0 Å². The molecule has 0 aliphatic carbocycles. The second kappa shape index (κ2) is 18.4. The first-order valence-corrected chi connectivity index (χ1v) is 11.0. The van der Waals surface area contributed by atoms with Crippen LogP contribution in [-0.2, 0) is 23.1 Å². The van der Waals surface area contributed by atoms with Crippen molar-refractivity contribution in [2.75, 3.05) is 20.3 Å². The molecule has 152 valence electrons. The average molecular weight is 382 g/mol. The van der Waals surface area contributed by atoms with E-state index in [9.17, 15) is 9.46 Å². The number of hydrogen-bond acceptors (Lipinski definition) is 5. The van der Waals surface area contributed by atoms with Gasteiger partial charge in [0.15, 0.2) is 0 Å². The molecule has 25 heavy (non-hydrogen) atoms. The minimum Gasteiger partial charge on any atom is -0.471 e. The van der Waals surface area contributed by atoms with E-state index in [1.165, 1.54) is 7.11 Å². The lowest BCUT2D eigenvalue weighted by atomic mass is 10.0. The average Bonchev–Trinajstić information content (AvgIpc) is 2.62. The first-order valence-electron chi connectivity index (χ1n) is 9.48. The summed E-state index contributed by atoms with van der Waals surface area (Å²) in [6.45, 7) is 9.48. The van der Waals surface area contributed by atoms with E-state index in [4.69, 9.17) is 13.8 Å². The maximum Gasteiger partial charge on any atom is 0.472 e. The minimum atomic E-state index is -3.89. The van der Waals surface area contributed by atoms with E-state index in [0.717, 1.165) is 51.4 Å². The van der Waals surface area contributed by atoms with Crippen LogP contribution in [0.4, 0.5) is 0 Å². The summed E-state index contributed by atoms with van der Waals surface area (Å²) in [5, 5.41) is 0. The molecule has 0 aliphatic rings. The van der Waals surface area contributed by atoms with Gasteiger partial charge in [-0.3, -0.25) is 13.8 Å². The van der Waals surface area contributed by atoms with Crippen LogP contribution in [0.25, 0.3) is 0 Å². The van der Waals surface area contributed by atoms with Gasteiger partial charge in [-0.2, -0.15) is 0 Å². The molecule has 2 atom stereocenters. The zero-order chi connectivity index (χ0) is 19.6. The van der Waals surface area contributed by atoms with Crippen molar-refractivity contribution >= 4 is 14.3 Å². The third kappa shape index (κ3) is 18.2. The van der Waals surface area contributed by atoms with Crippen molar-refractivity contribution in [2.45, 2.75) is 79.1 Å². The third-order valence-electron chi connectivity index (χ3n) is 4.13. The quantitative estimate of drug-likeness (QED) is 0.304. The van der Waals surface area contributed by atoms with E-state index >= 15 is 0 Å². The van der Waals surface area contributed by atoms with Crippen molar-refractivity contribution in [3.05, 3.63) is 0 Å². The van der Waals surface area contributed by atoms with Gasteiger partial charge in [0.05, 0.1) is 20.3 Å². The molecule has 0 aromatic rings. The van der Waals surface area contributed by atoms with Crippen LogP contribution in [0.1, 0.15) is 79.1 Å². The Morgan fingerprint density at radius 3 is 1.52 bits per heavy atom. The Morgan fingerprint density at radius 1 is 0.920 bits per heavy atom. The Kier molecular flexibility index (Phi) is 19.7. The van der Waals surface area contributed by atoms with Crippen molar-refractivity contribution in [3.8, 4) is 0 Å². The number of methoxy groups -OCH3 is 1. The van der Waals surface area contributed by atoms with Crippen LogP contribution in [-0.4, -0.2) is 31.7 Å². The number of carbonyl (C=O) groups excluding carboxylic acids is 1. The highest BCUT2D eigenvalue weighted by Crippen LogP contribution is 2.44. The molecule has 0 aromatic carbocycles. The monoisotopic (exact) mass is 382 g/mol. The van der Waals surface area contributed by atoms with Gasteiger partial charge in [0.1, 0.15) is 0 Å². The molecule has 7 heteroatoms. The SMILES string of the molecule is CCCCC(CC)COP(=O)(O)OCC(CC)CCCC.COC=O. The summed E-state index contributed by atoms with van der Waals surface area (Å²) in [5.41, 5.74) is 0. The first kappa shape index (κ1) is 26.8. The smallest absolute Gasteiger partial charge is 0.471 e. The van der Waals surface area contributed by atoms with Crippen LogP contribution in [0.2, 0.25) is 0 Å². The molecular weight excluding hydrogens is 343 g/mol. The molecule has 0 saturated heterocycles. The molecule has 0 saturated carbocycles. The lowest BCUT2D eigenvalue weighted by Gasteiger charge is -2.20. The van der Waals surface area contributed by atoms with Crippen LogP contribution in [0.3, 0.4) is 0 Å².